The van der Waals surface area contributed by atoms with E-state index in [1.54, 1.807) is 11.8 Å². The van der Waals surface area contributed by atoms with Crippen molar-refractivity contribution in [3.8, 4) is 0 Å². The van der Waals surface area contributed by atoms with E-state index in [1.807, 2.05) is 0 Å². The Morgan fingerprint density at radius 1 is 1.58 bits per heavy atom. The third kappa shape index (κ3) is 0.736. The number of hydrogen-bond acceptors (Lipinski definition) is 4. The van der Waals surface area contributed by atoms with Crippen LogP contribution < -0.4 is 16.4 Å². The molecule has 0 bridgehead atoms. The zero-order chi connectivity index (χ0) is 8.82. The summed E-state index contributed by atoms with van der Waals surface area (Å²) in [6.45, 7) is 3.46. The van der Waals surface area contributed by atoms with E-state index in [9.17, 15) is 4.79 Å². The zero-order valence-corrected chi connectivity index (χ0v) is 7.28. The van der Waals surface area contributed by atoms with Gasteiger partial charge in [0.15, 0.2) is 5.66 Å². The van der Waals surface area contributed by atoms with Crippen molar-refractivity contribution in [2.24, 2.45) is 10.7 Å². The highest BCUT2D eigenvalue weighted by Crippen LogP contribution is 2.37. The molecule has 0 aliphatic carbocycles. The predicted octanol–water partition coefficient (Wildman–Crippen LogP) is -0.902. The van der Waals surface area contributed by atoms with Crippen molar-refractivity contribution in [1.29, 1.82) is 0 Å². The maximum Gasteiger partial charge on any atom is 0.318 e. The van der Waals surface area contributed by atoms with Crippen LogP contribution >= 0.6 is 11.8 Å². The van der Waals surface area contributed by atoms with E-state index in [2.05, 4.69) is 22.3 Å². The molecule has 1 unspecified atom stereocenters. The number of rotatable bonds is 1. The molecule has 5 nitrogen and oxygen atoms in total. The molecule has 2 saturated heterocycles. The second kappa shape index (κ2) is 2.14. The number of carbonyl (C=O) groups excluding carboxylic acids is 1. The molecule has 6 heteroatoms. The lowest BCUT2D eigenvalue weighted by atomic mass is 10.0. The van der Waals surface area contributed by atoms with Crippen molar-refractivity contribution in [2.45, 2.75) is 11.3 Å². The summed E-state index contributed by atoms with van der Waals surface area (Å²) in [4.78, 5) is 14.9. The van der Waals surface area contributed by atoms with Crippen LogP contribution in [0.15, 0.2) is 4.99 Å². The summed E-state index contributed by atoms with van der Waals surface area (Å²) >= 11 is 1.65. The SMILES string of the molecule is C=N[C@@]12CSCC1(N)NC(=O)N2. The van der Waals surface area contributed by atoms with Gasteiger partial charge in [-0.05, 0) is 6.72 Å². The molecule has 2 fully saturated rings. The summed E-state index contributed by atoms with van der Waals surface area (Å²) < 4.78 is 0. The monoisotopic (exact) mass is 186 g/mol. The summed E-state index contributed by atoms with van der Waals surface area (Å²) in [7, 11) is 0. The van der Waals surface area contributed by atoms with Crippen molar-refractivity contribution >= 4 is 24.5 Å². The zero-order valence-electron chi connectivity index (χ0n) is 6.46. The number of carbonyl (C=O) groups is 1. The Hall–Kier alpha value is -0.750. The lowest BCUT2D eigenvalue weighted by molar-refractivity contribution is 0.245. The van der Waals surface area contributed by atoms with Crippen LogP contribution in [0.5, 0.6) is 0 Å². The molecule has 66 valence electrons. The van der Waals surface area contributed by atoms with Gasteiger partial charge < -0.3 is 16.4 Å². The number of nitrogens with zero attached hydrogens (tertiary/aromatic N) is 1. The van der Waals surface area contributed by atoms with Crippen molar-refractivity contribution in [2.75, 3.05) is 11.5 Å². The molecule has 12 heavy (non-hydrogen) atoms. The third-order valence-corrected chi connectivity index (χ3v) is 3.59. The summed E-state index contributed by atoms with van der Waals surface area (Å²) in [5, 5.41) is 5.35. The third-order valence-electron chi connectivity index (χ3n) is 2.31. The molecule has 2 amide bonds. The maximum atomic E-state index is 11.0. The Labute approximate surface area is 74.2 Å². The Bertz CT molecular complexity index is 258. The number of hydrogen-bond donors (Lipinski definition) is 3. The smallest absolute Gasteiger partial charge is 0.315 e. The van der Waals surface area contributed by atoms with E-state index < -0.39 is 11.3 Å². The number of fused-ring (bicyclic) bond motifs is 1. The van der Waals surface area contributed by atoms with Crippen LogP contribution in [-0.2, 0) is 0 Å². The summed E-state index contributed by atoms with van der Waals surface area (Å²) in [5.74, 6) is 1.36. The largest absolute Gasteiger partial charge is 0.318 e. The fraction of sp³-hybridized carbons (Fsp3) is 0.667. The van der Waals surface area contributed by atoms with Crippen LogP contribution in [0.2, 0.25) is 0 Å². The van der Waals surface area contributed by atoms with Gasteiger partial charge in [-0.25, -0.2) is 4.79 Å². The van der Waals surface area contributed by atoms with Crippen LogP contribution in [0.25, 0.3) is 0 Å². The van der Waals surface area contributed by atoms with Gasteiger partial charge in [-0.3, -0.25) is 4.99 Å². The molecule has 2 heterocycles. The highest BCUT2D eigenvalue weighted by Gasteiger charge is 2.59. The number of thioether (sulfide) groups is 1. The first kappa shape index (κ1) is 7.88. The Morgan fingerprint density at radius 2 is 2.33 bits per heavy atom. The van der Waals surface area contributed by atoms with Gasteiger partial charge in [0.05, 0.1) is 0 Å². The number of aliphatic imine (C=N–C) groups is 1. The minimum absolute atomic E-state index is 0.259. The number of nitrogens with one attached hydrogen (secondary N) is 2. The Balaban J connectivity index is 2.40. The molecule has 2 atom stereocenters. The first-order chi connectivity index (χ1) is 5.62. The van der Waals surface area contributed by atoms with E-state index in [0.29, 0.717) is 11.5 Å². The van der Waals surface area contributed by atoms with Crippen LogP contribution in [0.4, 0.5) is 4.79 Å². The van der Waals surface area contributed by atoms with Crippen molar-refractivity contribution < 1.29 is 4.79 Å². The molecule has 0 aromatic carbocycles. The summed E-state index contributed by atoms with van der Waals surface area (Å²) in [6, 6.07) is -0.259. The van der Waals surface area contributed by atoms with Gasteiger partial charge in [0.1, 0.15) is 5.66 Å². The van der Waals surface area contributed by atoms with Gasteiger partial charge in [0.25, 0.3) is 0 Å². The van der Waals surface area contributed by atoms with Gasteiger partial charge >= 0.3 is 6.03 Å². The van der Waals surface area contributed by atoms with Gasteiger partial charge in [0, 0.05) is 11.5 Å². The molecule has 0 aromatic heterocycles. The standard InChI is InChI=1S/C6H10N4OS/c1-8-6-3-12-2-5(6,7)9-4(11)10-6/h1-3,7H2,(H2,9,10,11)/t5?,6-/m1/s1. The lowest BCUT2D eigenvalue weighted by Gasteiger charge is -2.30. The molecule has 0 aromatic rings. The van der Waals surface area contributed by atoms with Gasteiger partial charge in [-0.2, -0.15) is 11.8 Å². The van der Waals surface area contributed by atoms with E-state index >= 15 is 0 Å². The van der Waals surface area contributed by atoms with Gasteiger partial charge in [-0.1, -0.05) is 0 Å². The highest BCUT2D eigenvalue weighted by atomic mass is 32.2. The molecule has 0 spiro atoms. The van der Waals surface area contributed by atoms with Crippen molar-refractivity contribution in [3.63, 3.8) is 0 Å². The molecule has 2 rings (SSSR count). The number of urea groups is 1. The second-order valence-corrected chi connectivity index (χ2v) is 4.05. The molecule has 2 aliphatic rings. The number of nitrogens with two attached hydrogens (primary N) is 1. The molecule has 2 aliphatic heterocycles. The highest BCUT2D eigenvalue weighted by molar-refractivity contribution is 7.99. The van der Waals surface area contributed by atoms with Gasteiger partial charge in [-0.15, -0.1) is 0 Å². The predicted molar refractivity (Wildman–Crippen MR) is 48.2 cm³/mol. The number of amides is 2. The van der Waals surface area contributed by atoms with Crippen molar-refractivity contribution in [3.05, 3.63) is 0 Å². The minimum atomic E-state index is -0.753. The maximum absolute atomic E-state index is 11.0. The Kier molecular flexibility index (Phi) is 1.40. The van der Waals surface area contributed by atoms with Crippen LogP contribution in [-0.4, -0.2) is 35.6 Å². The topological polar surface area (TPSA) is 79.5 Å². The van der Waals surface area contributed by atoms with E-state index in [-0.39, 0.29) is 6.03 Å². The molecular formula is C6H10N4OS. The normalized spacial score (nSPS) is 44.9. The first-order valence-electron chi connectivity index (χ1n) is 3.57. The fourth-order valence-electron chi connectivity index (χ4n) is 1.54. The van der Waals surface area contributed by atoms with E-state index in [1.165, 1.54) is 0 Å². The van der Waals surface area contributed by atoms with E-state index in [0.717, 1.165) is 0 Å². The molecular weight excluding hydrogens is 176 g/mol. The van der Waals surface area contributed by atoms with Crippen LogP contribution in [0, 0.1) is 0 Å². The Morgan fingerprint density at radius 3 is 2.92 bits per heavy atom. The molecule has 0 radical (unpaired) electrons. The van der Waals surface area contributed by atoms with Gasteiger partial charge in [0.2, 0.25) is 0 Å². The fourth-order valence-corrected chi connectivity index (χ4v) is 2.99. The van der Waals surface area contributed by atoms with Crippen molar-refractivity contribution in [1.82, 2.24) is 10.6 Å². The minimum Gasteiger partial charge on any atom is -0.315 e. The first-order valence-corrected chi connectivity index (χ1v) is 4.72. The second-order valence-electron chi connectivity index (χ2n) is 3.06. The summed E-state index contributed by atoms with van der Waals surface area (Å²) in [6.07, 6.45) is 0. The molecule has 0 saturated carbocycles. The summed E-state index contributed by atoms with van der Waals surface area (Å²) in [5.41, 5.74) is 4.50. The van der Waals surface area contributed by atoms with Crippen LogP contribution in [0.1, 0.15) is 0 Å². The van der Waals surface area contributed by atoms with Crippen LogP contribution in [0.3, 0.4) is 0 Å². The lowest BCUT2D eigenvalue weighted by Crippen LogP contribution is -2.64. The quantitative estimate of drug-likeness (QED) is 0.367. The average molecular weight is 186 g/mol. The van der Waals surface area contributed by atoms with E-state index in [4.69, 9.17) is 5.73 Å². The average Bonchev–Trinajstić information content (AvgIpc) is 2.38. The molecule has 4 N–H and O–H groups in total.